The molecule has 1 fully saturated rings. The molecule has 0 heterocycles. The van der Waals surface area contributed by atoms with Gasteiger partial charge in [-0.25, -0.2) is 0 Å². The summed E-state index contributed by atoms with van der Waals surface area (Å²) in [6.07, 6.45) is 5.61. The van der Waals surface area contributed by atoms with Gasteiger partial charge in [0, 0.05) is 12.2 Å². The number of carboxylic acids is 1. The van der Waals surface area contributed by atoms with Gasteiger partial charge in [-0.15, -0.1) is 0 Å². The van der Waals surface area contributed by atoms with Crippen molar-refractivity contribution in [3.8, 4) is 6.07 Å². The average Bonchev–Trinajstić information content (AvgIpc) is 2.46. The summed E-state index contributed by atoms with van der Waals surface area (Å²) in [4.78, 5) is 11.2. The van der Waals surface area contributed by atoms with Gasteiger partial charge in [0.05, 0.1) is 18.1 Å². The molecule has 0 spiro atoms. The van der Waals surface area contributed by atoms with Gasteiger partial charge in [-0.1, -0.05) is 19.3 Å². The van der Waals surface area contributed by atoms with E-state index in [9.17, 15) is 9.90 Å². The Hall–Kier alpha value is -2.02. The molecule has 0 atom stereocenters. The van der Waals surface area contributed by atoms with Crippen molar-refractivity contribution in [2.75, 3.05) is 11.9 Å². The highest BCUT2D eigenvalue weighted by Gasteiger charge is 2.34. The van der Waals surface area contributed by atoms with E-state index in [1.807, 2.05) is 25.1 Å². The fraction of sp³-hybridized carbons (Fsp3) is 0.529. The minimum atomic E-state index is -0.713. The van der Waals surface area contributed by atoms with Crippen LogP contribution in [0.2, 0.25) is 0 Å². The van der Waals surface area contributed by atoms with Crippen LogP contribution in [0.4, 0.5) is 5.69 Å². The van der Waals surface area contributed by atoms with E-state index in [2.05, 4.69) is 11.4 Å². The van der Waals surface area contributed by atoms with E-state index in [0.717, 1.165) is 36.9 Å². The van der Waals surface area contributed by atoms with Gasteiger partial charge in [0.15, 0.2) is 0 Å². The van der Waals surface area contributed by atoms with E-state index in [1.54, 1.807) is 0 Å². The quantitative estimate of drug-likeness (QED) is 0.865. The Kier molecular flexibility index (Phi) is 4.85. The molecule has 4 heteroatoms. The van der Waals surface area contributed by atoms with Crippen molar-refractivity contribution in [3.63, 3.8) is 0 Å². The number of anilines is 1. The van der Waals surface area contributed by atoms with Crippen LogP contribution >= 0.6 is 0 Å². The average molecular weight is 286 g/mol. The summed E-state index contributed by atoms with van der Waals surface area (Å²) in [6, 6.07) is 7.81. The number of nitrogens with one attached hydrogen (secondary N) is 1. The third kappa shape index (κ3) is 3.98. The number of carboxylic acid groups (broad SMARTS) is 1. The summed E-state index contributed by atoms with van der Waals surface area (Å²) in [5, 5.41) is 21.5. The molecule has 0 radical (unpaired) electrons. The lowest BCUT2D eigenvalue weighted by molar-refractivity contribution is -0.140. The summed E-state index contributed by atoms with van der Waals surface area (Å²) in [5.41, 5.74) is 2.45. The van der Waals surface area contributed by atoms with Crippen molar-refractivity contribution in [2.24, 2.45) is 5.41 Å². The SMILES string of the molecule is Cc1cc(NCC2(CC(=O)O)CCCCC2)ccc1C#N. The Morgan fingerprint density at radius 1 is 1.38 bits per heavy atom. The minimum absolute atomic E-state index is 0.133. The Morgan fingerprint density at radius 3 is 2.67 bits per heavy atom. The number of hydrogen-bond acceptors (Lipinski definition) is 3. The zero-order chi connectivity index (χ0) is 15.3. The van der Waals surface area contributed by atoms with Crippen molar-refractivity contribution in [3.05, 3.63) is 29.3 Å². The van der Waals surface area contributed by atoms with Crippen LogP contribution in [-0.4, -0.2) is 17.6 Å². The van der Waals surface area contributed by atoms with Gasteiger partial charge >= 0.3 is 5.97 Å². The molecule has 112 valence electrons. The molecule has 0 unspecified atom stereocenters. The smallest absolute Gasteiger partial charge is 0.303 e. The first kappa shape index (κ1) is 15.4. The molecule has 0 bridgehead atoms. The van der Waals surface area contributed by atoms with Gasteiger partial charge in [-0.05, 0) is 48.9 Å². The van der Waals surface area contributed by atoms with Crippen LogP contribution in [-0.2, 0) is 4.79 Å². The lowest BCUT2D eigenvalue weighted by Crippen LogP contribution is -2.34. The molecule has 1 aliphatic rings. The Bertz CT molecular complexity index is 554. The van der Waals surface area contributed by atoms with Crippen LogP contribution in [0.5, 0.6) is 0 Å². The molecule has 1 aromatic rings. The van der Waals surface area contributed by atoms with Crippen molar-refractivity contribution >= 4 is 11.7 Å². The number of hydrogen-bond donors (Lipinski definition) is 2. The molecule has 1 aromatic carbocycles. The number of aliphatic carboxylic acids is 1. The topological polar surface area (TPSA) is 73.1 Å². The maximum Gasteiger partial charge on any atom is 0.303 e. The lowest BCUT2D eigenvalue weighted by Gasteiger charge is -2.36. The van der Waals surface area contributed by atoms with Crippen molar-refractivity contribution < 1.29 is 9.90 Å². The lowest BCUT2D eigenvalue weighted by atomic mass is 9.71. The second kappa shape index (κ2) is 6.62. The Balaban J connectivity index is 2.06. The number of nitriles is 1. The molecule has 4 nitrogen and oxygen atoms in total. The standard InChI is InChI=1S/C17H22N2O2/c1-13-9-15(6-5-14(13)11-18)19-12-17(10-16(20)21)7-3-2-4-8-17/h5-6,9,19H,2-4,7-8,10,12H2,1H3,(H,20,21). The normalized spacial score (nSPS) is 17.0. The van der Waals surface area contributed by atoms with Gasteiger partial charge < -0.3 is 10.4 Å². The van der Waals surface area contributed by atoms with Crippen LogP contribution in [0, 0.1) is 23.7 Å². The third-order valence-corrected chi connectivity index (χ3v) is 4.45. The van der Waals surface area contributed by atoms with Gasteiger partial charge in [0.1, 0.15) is 0 Å². The first-order chi connectivity index (χ1) is 10.0. The summed E-state index contributed by atoms with van der Waals surface area (Å²) in [5.74, 6) is -0.713. The maximum atomic E-state index is 11.2. The first-order valence-corrected chi connectivity index (χ1v) is 7.51. The van der Waals surface area contributed by atoms with E-state index in [-0.39, 0.29) is 11.8 Å². The maximum absolute atomic E-state index is 11.2. The summed E-state index contributed by atoms with van der Waals surface area (Å²) in [7, 11) is 0. The number of benzene rings is 1. The molecule has 0 amide bonds. The molecule has 0 saturated heterocycles. The Morgan fingerprint density at radius 2 is 2.10 bits per heavy atom. The largest absolute Gasteiger partial charge is 0.481 e. The van der Waals surface area contributed by atoms with Crippen LogP contribution in [0.15, 0.2) is 18.2 Å². The Labute approximate surface area is 125 Å². The highest BCUT2D eigenvalue weighted by Crippen LogP contribution is 2.39. The molecule has 0 aromatic heterocycles. The molecule has 0 aliphatic heterocycles. The second-order valence-electron chi connectivity index (χ2n) is 6.13. The van der Waals surface area contributed by atoms with Crippen molar-refractivity contribution in [2.45, 2.75) is 45.4 Å². The second-order valence-corrected chi connectivity index (χ2v) is 6.13. The number of nitrogens with zero attached hydrogens (tertiary/aromatic N) is 1. The fourth-order valence-corrected chi connectivity index (χ4v) is 3.23. The van der Waals surface area contributed by atoms with Crippen LogP contribution in [0.25, 0.3) is 0 Å². The predicted molar refractivity (Wildman–Crippen MR) is 82.2 cm³/mol. The van der Waals surface area contributed by atoms with Gasteiger partial charge in [-0.3, -0.25) is 4.79 Å². The van der Waals surface area contributed by atoms with E-state index in [4.69, 9.17) is 5.26 Å². The van der Waals surface area contributed by atoms with Crippen LogP contribution in [0.3, 0.4) is 0 Å². The number of carbonyl (C=O) groups is 1. The van der Waals surface area contributed by atoms with Crippen LogP contribution in [0.1, 0.15) is 49.7 Å². The molecular formula is C17H22N2O2. The molecule has 1 saturated carbocycles. The van der Waals surface area contributed by atoms with Crippen molar-refractivity contribution in [1.29, 1.82) is 5.26 Å². The molecular weight excluding hydrogens is 264 g/mol. The monoisotopic (exact) mass is 286 g/mol. The van der Waals surface area contributed by atoms with E-state index >= 15 is 0 Å². The number of aryl methyl sites for hydroxylation is 1. The summed E-state index contributed by atoms with van der Waals surface area (Å²) >= 11 is 0. The number of rotatable bonds is 5. The predicted octanol–water partition coefficient (Wildman–Crippen LogP) is 3.70. The minimum Gasteiger partial charge on any atom is -0.481 e. The van der Waals surface area contributed by atoms with E-state index < -0.39 is 5.97 Å². The summed E-state index contributed by atoms with van der Waals surface area (Å²) in [6.45, 7) is 2.60. The van der Waals surface area contributed by atoms with E-state index in [0.29, 0.717) is 12.1 Å². The molecule has 21 heavy (non-hydrogen) atoms. The van der Waals surface area contributed by atoms with Gasteiger partial charge in [-0.2, -0.15) is 5.26 Å². The van der Waals surface area contributed by atoms with Gasteiger partial charge in [0.2, 0.25) is 0 Å². The summed E-state index contributed by atoms with van der Waals surface area (Å²) < 4.78 is 0. The molecule has 1 aliphatic carbocycles. The van der Waals surface area contributed by atoms with Crippen LogP contribution < -0.4 is 5.32 Å². The molecule has 2 N–H and O–H groups in total. The van der Waals surface area contributed by atoms with E-state index in [1.165, 1.54) is 6.42 Å². The fourth-order valence-electron chi connectivity index (χ4n) is 3.23. The highest BCUT2D eigenvalue weighted by molar-refractivity contribution is 5.68. The van der Waals surface area contributed by atoms with Gasteiger partial charge in [0.25, 0.3) is 0 Å². The zero-order valence-corrected chi connectivity index (χ0v) is 12.5. The highest BCUT2D eigenvalue weighted by atomic mass is 16.4. The first-order valence-electron chi connectivity index (χ1n) is 7.51. The zero-order valence-electron chi connectivity index (χ0n) is 12.5. The third-order valence-electron chi connectivity index (χ3n) is 4.45. The van der Waals surface area contributed by atoms with Crippen molar-refractivity contribution in [1.82, 2.24) is 0 Å². The molecule has 2 rings (SSSR count).